The number of sulfonamides is 1. The van der Waals surface area contributed by atoms with E-state index >= 15 is 0 Å². The Balaban J connectivity index is 1.81. The van der Waals surface area contributed by atoms with Crippen molar-refractivity contribution in [1.82, 2.24) is 15.2 Å². The van der Waals surface area contributed by atoms with Gasteiger partial charge < -0.3 is 0 Å². The van der Waals surface area contributed by atoms with E-state index in [-0.39, 0.29) is 29.6 Å². The predicted octanol–water partition coefficient (Wildman–Crippen LogP) is 1.51. The van der Waals surface area contributed by atoms with Gasteiger partial charge in [-0.3, -0.25) is 24.7 Å². The van der Waals surface area contributed by atoms with Crippen LogP contribution in [0.4, 0.5) is 0 Å². The van der Waals surface area contributed by atoms with Crippen molar-refractivity contribution < 1.29 is 22.8 Å². The van der Waals surface area contributed by atoms with Crippen LogP contribution >= 0.6 is 0 Å². The van der Waals surface area contributed by atoms with Crippen molar-refractivity contribution in [2.24, 2.45) is 16.2 Å². The van der Waals surface area contributed by atoms with E-state index in [1.165, 1.54) is 19.2 Å². The van der Waals surface area contributed by atoms with Gasteiger partial charge in [-0.15, -0.1) is 4.83 Å². The van der Waals surface area contributed by atoms with Gasteiger partial charge in [0.15, 0.2) is 0 Å². The summed E-state index contributed by atoms with van der Waals surface area (Å²) in [4.78, 5) is 41.7. The molecule has 0 radical (unpaired) electrons. The Morgan fingerprint density at radius 3 is 1.93 bits per heavy atom. The molecular formula is C20H27N3O5S. The Labute approximate surface area is 171 Å². The molecule has 9 heteroatoms. The van der Waals surface area contributed by atoms with Gasteiger partial charge in [0.2, 0.25) is 17.7 Å². The van der Waals surface area contributed by atoms with Crippen LogP contribution in [0, 0.1) is 23.2 Å². The number of likely N-dealkylation sites (tertiary alicyclic amines) is 1. The maximum Gasteiger partial charge on any atom is 0.257 e. The first-order valence-electron chi connectivity index (χ1n) is 9.44. The van der Waals surface area contributed by atoms with Crippen molar-refractivity contribution in [3.05, 3.63) is 29.8 Å². The monoisotopic (exact) mass is 421 g/mol. The third kappa shape index (κ3) is 3.57. The number of hydrogen-bond acceptors (Lipinski definition) is 5. The Morgan fingerprint density at radius 2 is 1.45 bits per heavy atom. The minimum Gasteiger partial charge on any atom is -0.285 e. The summed E-state index contributed by atoms with van der Waals surface area (Å²) in [6.07, 6.45) is 0.828. The van der Waals surface area contributed by atoms with Gasteiger partial charge in [0.25, 0.3) is 10.0 Å². The third-order valence-electron chi connectivity index (χ3n) is 6.16. The molecule has 8 nitrogen and oxygen atoms in total. The minimum absolute atomic E-state index is 0.0278. The number of imide groups is 1. The van der Waals surface area contributed by atoms with Crippen molar-refractivity contribution in [2.45, 2.75) is 51.9 Å². The molecule has 3 amide bonds. The van der Waals surface area contributed by atoms with Gasteiger partial charge in [0.05, 0.1) is 4.90 Å². The van der Waals surface area contributed by atoms with Gasteiger partial charge in [0.1, 0.15) is 0 Å². The van der Waals surface area contributed by atoms with Gasteiger partial charge in [-0.05, 0) is 38.3 Å². The summed E-state index contributed by atoms with van der Waals surface area (Å²) in [5.74, 6) is -1.17. The van der Waals surface area contributed by atoms with Gasteiger partial charge in [-0.2, -0.15) is 0 Å². The number of hydrogen-bond donors (Lipinski definition) is 2. The Hall–Kier alpha value is -2.26. The second-order valence-electron chi connectivity index (χ2n) is 9.25. The number of piperidine rings is 1. The number of carbonyl (C=O) groups excluding carboxylic acids is 3. The fourth-order valence-electron chi connectivity index (χ4n) is 5.18. The molecule has 1 heterocycles. The normalized spacial score (nSPS) is 32.2. The van der Waals surface area contributed by atoms with E-state index in [0.29, 0.717) is 6.42 Å². The number of rotatable bonds is 4. The molecule has 158 valence electrons. The summed E-state index contributed by atoms with van der Waals surface area (Å²) < 4.78 is 24.9. The summed E-state index contributed by atoms with van der Waals surface area (Å²) in [6.45, 7) is 7.03. The quantitative estimate of drug-likeness (QED) is 0.565. The molecule has 0 aromatic heterocycles. The standard InChI is InChI=1S/C20H27N3O5S/c1-13-6-8-14(9-7-13)29(27,28)22-21-15(24)18(2)10-19(3)12-20(4,11-18)17(26)23(5)16(19)25/h6-9,22H,10-12H2,1-5H3,(H,21,24). The zero-order valence-electron chi connectivity index (χ0n) is 17.3. The zero-order chi connectivity index (χ0) is 21.8. The molecule has 1 aromatic rings. The van der Waals surface area contributed by atoms with Gasteiger partial charge in [-0.1, -0.05) is 38.5 Å². The second-order valence-corrected chi connectivity index (χ2v) is 10.9. The predicted molar refractivity (Wildman–Crippen MR) is 106 cm³/mol. The molecule has 2 bridgehead atoms. The van der Waals surface area contributed by atoms with Crippen LogP contribution in [0.15, 0.2) is 29.2 Å². The minimum atomic E-state index is -3.94. The summed E-state index contributed by atoms with van der Waals surface area (Å²) in [5, 5.41) is 0. The lowest BCUT2D eigenvalue weighted by Crippen LogP contribution is -2.64. The molecule has 2 aliphatic rings. The maximum absolute atomic E-state index is 13.0. The van der Waals surface area contributed by atoms with Crippen LogP contribution in [0.25, 0.3) is 0 Å². The van der Waals surface area contributed by atoms with Crippen LogP contribution in [0.2, 0.25) is 0 Å². The van der Waals surface area contributed by atoms with Gasteiger partial charge >= 0.3 is 0 Å². The molecular weight excluding hydrogens is 394 g/mol. The Bertz CT molecular complexity index is 958. The van der Waals surface area contributed by atoms with E-state index in [4.69, 9.17) is 0 Å². The van der Waals surface area contributed by atoms with Crippen molar-refractivity contribution in [2.75, 3.05) is 7.05 Å². The molecule has 1 saturated carbocycles. The fourth-order valence-corrected chi connectivity index (χ4v) is 6.02. The maximum atomic E-state index is 13.0. The molecule has 1 aliphatic heterocycles. The summed E-state index contributed by atoms with van der Waals surface area (Å²) >= 11 is 0. The first kappa shape index (κ1) is 21.4. The van der Waals surface area contributed by atoms with Crippen molar-refractivity contribution in [3.8, 4) is 0 Å². The highest BCUT2D eigenvalue weighted by Gasteiger charge is 2.62. The van der Waals surface area contributed by atoms with Crippen molar-refractivity contribution in [1.29, 1.82) is 0 Å². The van der Waals surface area contributed by atoms with E-state index in [1.54, 1.807) is 32.9 Å². The van der Waals surface area contributed by atoms with Gasteiger partial charge in [0, 0.05) is 23.3 Å². The lowest BCUT2D eigenvalue weighted by molar-refractivity contribution is -0.178. The average molecular weight is 422 g/mol. The van der Waals surface area contributed by atoms with Crippen molar-refractivity contribution in [3.63, 3.8) is 0 Å². The highest BCUT2D eigenvalue weighted by atomic mass is 32.2. The SMILES string of the molecule is Cc1ccc(S(=O)(=O)NNC(=O)C2(C)CC3(C)CC(C)(C2)C(=O)N(C)C3=O)cc1. The van der Waals surface area contributed by atoms with Crippen LogP contribution in [0.3, 0.4) is 0 Å². The lowest BCUT2D eigenvalue weighted by atomic mass is 9.51. The number of hydrazine groups is 1. The lowest BCUT2D eigenvalue weighted by Gasteiger charge is -2.55. The molecule has 3 rings (SSSR count). The summed E-state index contributed by atoms with van der Waals surface area (Å²) in [5.41, 5.74) is 0.404. The fraction of sp³-hybridized carbons (Fsp3) is 0.550. The van der Waals surface area contributed by atoms with Gasteiger partial charge in [-0.25, -0.2) is 8.42 Å². The molecule has 2 fully saturated rings. The zero-order valence-corrected chi connectivity index (χ0v) is 18.1. The largest absolute Gasteiger partial charge is 0.285 e. The van der Waals surface area contributed by atoms with Crippen LogP contribution in [-0.4, -0.2) is 38.1 Å². The summed E-state index contributed by atoms with van der Waals surface area (Å²) in [7, 11) is -2.47. The first-order chi connectivity index (χ1) is 13.2. The third-order valence-corrected chi connectivity index (χ3v) is 7.42. The molecule has 0 spiro atoms. The Morgan fingerprint density at radius 1 is 0.966 bits per heavy atom. The number of carbonyl (C=O) groups is 3. The van der Waals surface area contributed by atoms with E-state index in [9.17, 15) is 22.8 Å². The van der Waals surface area contributed by atoms with E-state index in [0.717, 1.165) is 10.5 Å². The van der Waals surface area contributed by atoms with Crippen LogP contribution in [-0.2, 0) is 24.4 Å². The molecule has 1 saturated heterocycles. The van der Waals surface area contributed by atoms with Crippen LogP contribution in [0.1, 0.15) is 45.6 Å². The number of fused-ring (bicyclic) bond motifs is 2. The number of nitrogens with one attached hydrogen (secondary N) is 2. The van der Waals surface area contributed by atoms with E-state index < -0.39 is 32.2 Å². The number of aryl methyl sites for hydroxylation is 1. The number of benzene rings is 1. The molecule has 2 unspecified atom stereocenters. The molecule has 1 aliphatic carbocycles. The Kier molecular flexibility index (Phi) is 4.91. The highest BCUT2D eigenvalue weighted by Crippen LogP contribution is 2.58. The summed E-state index contributed by atoms with van der Waals surface area (Å²) in [6, 6.07) is 6.22. The van der Waals surface area contributed by atoms with E-state index in [2.05, 4.69) is 10.3 Å². The average Bonchev–Trinajstić information content (AvgIpc) is 2.62. The molecule has 29 heavy (non-hydrogen) atoms. The molecule has 2 atom stereocenters. The highest BCUT2D eigenvalue weighted by molar-refractivity contribution is 7.89. The number of amides is 3. The molecule has 1 aromatic carbocycles. The van der Waals surface area contributed by atoms with E-state index in [1.807, 2.05) is 6.92 Å². The molecule has 2 N–H and O–H groups in total. The van der Waals surface area contributed by atoms with Crippen molar-refractivity contribution >= 4 is 27.7 Å². The van der Waals surface area contributed by atoms with Crippen LogP contribution < -0.4 is 10.3 Å². The second kappa shape index (κ2) is 6.63. The van der Waals surface area contributed by atoms with Crippen LogP contribution in [0.5, 0.6) is 0 Å². The smallest absolute Gasteiger partial charge is 0.257 e. The first-order valence-corrected chi connectivity index (χ1v) is 10.9. The number of nitrogens with zero attached hydrogens (tertiary/aromatic N) is 1. The topological polar surface area (TPSA) is 113 Å².